The second kappa shape index (κ2) is 12.7. The maximum Gasteiger partial charge on any atom is 0.490 e. The van der Waals surface area contributed by atoms with Gasteiger partial charge in [0.15, 0.2) is 0 Å². The fourth-order valence-electron chi connectivity index (χ4n) is 4.43. The van der Waals surface area contributed by atoms with Gasteiger partial charge in [0.1, 0.15) is 29.8 Å². The van der Waals surface area contributed by atoms with Gasteiger partial charge in [-0.25, -0.2) is 9.59 Å². The van der Waals surface area contributed by atoms with Crippen LogP contribution in [0, 0.1) is 0 Å². The number of carbonyl (C=O) groups is 3. The third-order valence-electron chi connectivity index (χ3n) is 6.31. The molecule has 0 unspecified atom stereocenters. The SMILES string of the molecule is CC(=O)Nc1ccc(C(=O)O)cc1OC[C@@H](O)CN1CCC2(CC1)Cc1cc(Cl)ccc1O2.O=C(O)C(F)(F)F. The smallest absolute Gasteiger partial charge is 0.489 e. The summed E-state index contributed by atoms with van der Waals surface area (Å²) in [4.78, 5) is 33.8. The highest BCUT2D eigenvalue weighted by Gasteiger charge is 2.42. The number of aromatic carboxylic acids is 1. The lowest BCUT2D eigenvalue weighted by Crippen LogP contribution is -2.49. The molecule has 4 rings (SSSR count). The zero-order valence-electron chi connectivity index (χ0n) is 21.3. The summed E-state index contributed by atoms with van der Waals surface area (Å²) in [5.41, 5.74) is 1.32. The molecule has 40 heavy (non-hydrogen) atoms. The number of ether oxygens (including phenoxy) is 2. The van der Waals surface area contributed by atoms with Crippen molar-refractivity contribution in [3.05, 3.63) is 52.5 Å². The van der Waals surface area contributed by atoms with Crippen LogP contribution in [0.4, 0.5) is 18.9 Å². The molecular weight excluding hydrogens is 561 g/mol. The Labute approximate surface area is 232 Å². The van der Waals surface area contributed by atoms with Gasteiger partial charge in [-0.2, -0.15) is 13.2 Å². The van der Waals surface area contributed by atoms with Crippen LogP contribution in [-0.2, 0) is 16.0 Å². The highest BCUT2D eigenvalue weighted by Crippen LogP contribution is 2.42. The Balaban J connectivity index is 0.000000559. The third kappa shape index (κ3) is 8.47. The van der Waals surface area contributed by atoms with Gasteiger partial charge >= 0.3 is 18.1 Å². The van der Waals surface area contributed by atoms with Crippen LogP contribution in [0.25, 0.3) is 0 Å². The molecule has 2 aromatic rings. The molecule has 1 atom stereocenters. The zero-order chi connectivity index (χ0) is 29.7. The summed E-state index contributed by atoms with van der Waals surface area (Å²) in [6, 6.07) is 9.93. The molecule has 1 saturated heterocycles. The van der Waals surface area contributed by atoms with Crippen LogP contribution in [0.3, 0.4) is 0 Å². The number of fused-ring (bicyclic) bond motifs is 1. The average molecular weight is 589 g/mol. The van der Waals surface area contributed by atoms with Crippen LogP contribution >= 0.6 is 11.6 Å². The minimum Gasteiger partial charge on any atom is -0.489 e. The monoisotopic (exact) mass is 588 g/mol. The summed E-state index contributed by atoms with van der Waals surface area (Å²) in [6.45, 7) is 3.31. The standard InChI is InChI=1S/C24H27ClN2O6.C2HF3O2/c1-15(28)26-20-4-2-16(23(30)31)11-22(20)32-14-19(29)13-27-8-6-24(7-9-27)12-17-10-18(25)3-5-21(17)33-24;3-2(4,5)1(6)7/h2-5,10-11,19,29H,6-9,12-14H2,1H3,(H,26,28)(H,30,31);(H,6,7)/t19-;/m0./s1. The van der Waals surface area contributed by atoms with Crippen molar-refractivity contribution >= 4 is 35.1 Å². The van der Waals surface area contributed by atoms with E-state index >= 15 is 0 Å². The van der Waals surface area contributed by atoms with Crippen molar-refractivity contribution in [3.63, 3.8) is 0 Å². The van der Waals surface area contributed by atoms with Crippen molar-refractivity contribution < 1.29 is 52.3 Å². The molecule has 0 aliphatic carbocycles. The number of carboxylic acid groups (broad SMARTS) is 2. The number of carboxylic acids is 2. The van der Waals surface area contributed by atoms with Gasteiger partial charge in [-0.05, 0) is 42.0 Å². The number of likely N-dealkylation sites (tertiary alicyclic amines) is 1. The number of carbonyl (C=O) groups excluding carboxylic acids is 1. The van der Waals surface area contributed by atoms with Crippen molar-refractivity contribution in [1.82, 2.24) is 4.90 Å². The number of anilines is 1. The molecule has 1 amide bonds. The quantitative estimate of drug-likeness (QED) is 0.379. The van der Waals surface area contributed by atoms with E-state index in [0.29, 0.717) is 17.3 Å². The molecule has 2 aliphatic rings. The van der Waals surface area contributed by atoms with Crippen LogP contribution in [0.2, 0.25) is 5.02 Å². The maximum absolute atomic E-state index is 11.4. The number of hydrogen-bond acceptors (Lipinski definition) is 7. The Morgan fingerprint density at radius 3 is 2.38 bits per heavy atom. The molecule has 14 heteroatoms. The molecule has 4 N–H and O–H groups in total. The molecule has 1 fully saturated rings. The van der Waals surface area contributed by atoms with Gasteiger partial charge in [0.2, 0.25) is 5.91 Å². The molecule has 0 bridgehead atoms. The van der Waals surface area contributed by atoms with E-state index in [9.17, 15) is 33.0 Å². The first-order valence-electron chi connectivity index (χ1n) is 12.1. The van der Waals surface area contributed by atoms with Crippen LogP contribution in [0.1, 0.15) is 35.7 Å². The van der Waals surface area contributed by atoms with Gasteiger partial charge < -0.3 is 35.0 Å². The summed E-state index contributed by atoms with van der Waals surface area (Å²) in [7, 11) is 0. The highest BCUT2D eigenvalue weighted by molar-refractivity contribution is 6.30. The average Bonchev–Trinajstić information content (AvgIpc) is 3.21. The largest absolute Gasteiger partial charge is 0.490 e. The minimum atomic E-state index is -5.08. The minimum absolute atomic E-state index is 0.0300. The van der Waals surface area contributed by atoms with Gasteiger partial charge in [0.25, 0.3) is 0 Å². The first kappa shape index (κ1) is 31.0. The van der Waals surface area contributed by atoms with E-state index in [-0.39, 0.29) is 29.4 Å². The number of piperidine rings is 1. The Kier molecular flexibility index (Phi) is 9.87. The van der Waals surface area contributed by atoms with Crippen LogP contribution < -0.4 is 14.8 Å². The lowest BCUT2D eigenvalue weighted by atomic mass is 9.87. The molecule has 1 spiro atoms. The van der Waals surface area contributed by atoms with E-state index in [4.69, 9.17) is 31.0 Å². The summed E-state index contributed by atoms with van der Waals surface area (Å²) >= 11 is 6.11. The number of nitrogens with zero attached hydrogens (tertiary/aromatic N) is 1. The van der Waals surface area contributed by atoms with Gasteiger partial charge in [0.05, 0.1) is 11.3 Å². The molecule has 218 valence electrons. The Bertz CT molecular complexity index is 1250. The van der Waals surface area contributed by atoms with Crippen molar-refractivity contribution in [2.24, 2.45) is 0 Å². The van der Waals surface area contributed by atoms with Crippen molar-refractivity contribution in [2.45, 2.75) is 44.1 Å². The van der Waals surface area contributed by atoms with Crippen LogP contribution in [-0.4, -0.2) is 82.2 Å². The van der Waals surface area contributed by atoms with E-state index in [1.807, 2.05) is 18.2 Å². The Morgan fingerprint density at radius 2 is 1.80 bits per heavy atom. The molecule has 0 aromatic heterocycles. The zero-order valence-corrected chi connectivity index (χ0v) is 22.1. The molecule has 0 saturated carbocycles. The first-order valence-corrected chi connectivity index (χ1v) is 12.5. The van der Waals surface area contributed by atoms with Crippen molar-refractivity contribution in [2.75, 3.05) is 31.6 Å². The van der Waals surface area contributed by atoms with Gasteiger partial charge in [-0.3, -0.25) is 4.79 Å². The number of alkyl halides is 3. The Morgan fingerprint density at radius 1 is 1.15 bits per heavy atom. The molecule has 0 radical (unpaired) electrons. The van der Waals surface area contributed by atoms with Gasteiger partial charge in [0, 0.05) is 50.8 Å². The summed E-state index contributed by atoms with van der Waals surface area (Å²) in [5, 5.41) is 30.2. The molecule has 2 heterocycles. The number of aliphatic carboxylic acids is 1. The summed E-state index contributed by atoms with van der Waals surface area (Å²) in [5.74, 6) is -3.05. The second-order valence-electron chi connectivity index (χ2n) is 9.48. The number of rotatable bonds is 7. The number of amides is 1. The van der Waals surface area contributed by atoms with E-state index < -0.39 is 24.2 Å². The van der Waals surface area contributed by atoms with E-state index in [1.54, 1.807) is 0 Å². The highest BCUT2D eigenvalue weighted by atomic mass is 35.5. The molecule has 10 nitrogen and oxygen atoms in total. The topological polar surface area (TPSA) is 146 Å². The van der Waals surface area contributed by atoms with Crippen LogP contribution in [0.15, 0.2) is 36.4 Å². The first-order chi connectivity index (χ1) is 18.7. The Hall–Kier alpha value is -3.55. The summed E-state index contributed by atoms with van der Waals surface area (Å²) in [6.07, 6.45) is -3.33. The lowest BCUT2D eigenvalue weighted by Gasteiger charge is -2.39. The maximum atomic E-state index is 11.4. The lowest BCUT2D eigenvalue weighted by molar-refractivity contribution is -0.192. The van der Waals surface area contributed by atoms with E-state index in [0.717, 1.165) is 43.7 Å². The number of halogens is 4. The molecule has 2 aliphatic heterocycles. The number of β-amino-alcohol motifs (C(OH)–C–C–N with tert-alkyl or cyclic N) is 1. The van der Waals surface area contributed by atoms with Gasteiger partial charge in [-0.15, -0.1) is 0 Å². The van der Waals surface area contributed by atoms with Crippen LogP contribution in [0.5, 0.6) is 11.5 Å². The summed E-state index contributed by atoms with van der Waals surface area (Å²) < 4.78 is 43.7. The van der Waals surface area contributed by atoms with Gasteiger partial charge in [-0.1, -0.05) is 11.6 Å². The fourth-order valence-corrected chi connectivity index (χ4v) is 4.62. The third-order valence-corrected chi connectivity index (χ3v) is 6.55. The second-order valence-corrected chi connectivity index (χ2v) is 9.92. The van der Waals surface area contributed by atoms with Crippen molar-refractivity contribution in [3.8, 4) is 11.5 Å². The predicted molar refractivity (Wildman–Crippen MR) is 137 cm³/mol. The number of nitrogens with one attached hydrogen (secondary N) is 1. The van der Waals surface area contributed by atoms with Crippen molar-refractivity contribution in [1.29, 1.82) is 0 Å². The van der Waals surface area contributed by atoms with E-state index in [2.05, 4.69) is 10.2 Å². The fraction of sp³-hybridized carbons (Fsp3) is 0.423. The molecule has 2 aromatic carbocycles. The normalized spacial score (nSPS) is 16.6. The predicted octanol–water partition coefficient (Wildman–Crippen LogP) is 3.84. The molecular formula is C26H28ClF3N2O8. The van der Waals surface area contributed by atoms with E-state index in [1.165, 1.54) is 25.1 Å². The number of benzene rings is 2. The number of aliphatic hydroxyl groups is 1. The number of hydrogen-bond donors (Lipinski definition) is 4. The number of aliphatic hydroxyl groups excluding tert-OH is 1.